The van der Waals surface area contributed by atoms with Gasteiger partial charge < -0.3 is 4.74 Å². The van der Waals surface area contributed by atoms with Crippen molar-refractivity contribution in [1.82, 2.24) is 9.97 Å². The molecule has 2 rings (SSSR count). The van der Waals surface area contributed by atoms with Gasteiger partial charge in [0.05, 0.1) is 12.2 Å². The molecule has 22 heavy (non-hydrogen) atoms. The molecule has 0 amide bonds. The molecule has 0 N–H and O–H groups in total. The second-order valence-electron chi connectivity index (χ2n) is 5.54. The summed E-state index contributed by atoms with van der Waals surface area (Å²) in [5.41, 5.74) is 0.964. The highest BCUT2D eigenvalue weighted by Crippen LogP contribution is 2.26. The Balaban J connectivity index is 1.77. The van der Waals surface area contributed by atoms with Crippen molar-refractivity contribution in [3.63, 3.8) is 0 Å². The monoisotopic (exact) mass is 298 g/mol. The largest absolute Gasteiger partial charge is 0.493 e. The molecule has 118 valence electrons. The van der Waals surface area contributed by atoms with Crippen LogP contribution >= 0.6 is 0 Å². The first-order valence-electron chi connectivity index (χ1n) is 8.41. The van der Waals surface area contributed by atoms with Crippen LogP contribution in [0.2, 0.25) is 0 Å². The van der Waals surface area contributed by atoms with Crippen LogP contribution in [0.5, 0.6) is 5.75 Å². The Morgan fingerprint density at radius 2 is 1.50 bits per heavy atom. The smallest absolute Gasteiger partial charge is 0.162 e. The van der Waals surface area contributed by atoms with Gasteiger partial charge in [-0.15, -0.1) is 0 Å². The van der Waals surface area contributed by atoms with E-state index in [-0.39, 0.29) is 0 Å². The molecule has 0 unspecified atom stereocenters. The second-order valence-corrected chi connectivity index (χ2v) is 5.54. The molecule has 0 atom stereocenters. The van der Waals surface area contributed by atoms with Crippen LogP contribution in [-0.2, 0) is 0 Å². The van der Waals surface area contributed by atoms with E-state index in [1.54, 1.807) is 12.4 Å². The third-order valence-electron chi connectivity index (χ3n) is 3.70. The standard InChI is InChI=1S/C19H26N2O/c1-2-3-4-5-6-7-10-16-22-18-13-9-8-12-17(18)19-20-14-11-15-21-19/h8-9,11-15H,2-7,10,16H2,1H3. The summed E-state index contributed by atoms with van der Waals surface area (Å²) in [7, 11) is 0. The van der Waals surface area contributed by atoms with Crippen molar-refractivity contribution in [2.24, 2.45) is 0 Å². The van der Waals surface area contributed by atoms with Gasteiger partial charge in [-0.05, 0) is 24.6 Å². The molecule has 0 radical (unpaired) electrons. The van der Waals surface area contributed by atoms with Crippen LogP contribution in [-0.4, -0.2) is 16.6 Å². The number of aromatic nitrogens is 2. The van der Waals surface area contributed by atoms with E-state index in [0.717, 1.165) is 30.2 Å². The van der Waals surface area contributed by atoms with Crippen LogP contribution in [0.15, 0.2) is 42.7 Å². The molecule has 0 saturated heterocycles. The van der Waals surface area contributed by atoms with Crippen LogP contribution < -0.4 is 4.74 Å². The Hall–Kier alpha value is -1.90. The van der Waals surface area contributed by atoms with Gasteiger partial charge in [-0.1, -0.05) is 57.6 Å². The van der Waals surface area contributed by atoms with Gasteiger partial charge in [0.2, 0.25) is 0 Å². The SMILES string of the molecule is CCCCCCCCCOc1ccccc1-c1ncccn1. The molecule has 0 spiro atoms. The van der Waals surface area contributed by atoms with Crippen molar-refractivity contribution >= 4 is 0 Å². The first-order chi connectivity index (χ1) is 10.9. The van der Waals surface area contributed by atoms with Crippen molar-refractivity contribution in [2.45, 2.75) is 51.9 Å². The second kappa shape index (κ2) is 9.93. The number of benzene rings is 1. The minimum absolute atomic E-state index is 0.720. The van der Waals surface area contributed by atoms with E-state index in [1.165, 1.54) is 38.5 Å². The zero-order valence-corrected chi connectivity index (χ0v) is 13.5. The predicted molar refractivity (Wildman–Crippen MR) is 91.0 cm³/mol. The number of rotatable bonds is 10. The topological polar surface area (TPSA) is 35.0 Å². The molecular formula is C19H26N2O. The van der Waals surface area contributed by atoms with E-state index < -0.39 is 0 Å². The number of nitrogens with zero attached hydrogens (tertiary/aromatic N) is 2. The minimum Gasteiger partial charge on any atom is -0.493 e. The zero-order valence-electron chi connectivity index (χ0n) is 13.5. The molecule has 1 aromatic carbocycles. The lowest BCUT2D eigenvalue weighted by Crippen LogP contribution is -2.00. The molecule has 0 fully saturated rings. The Bertz CT molecular complexity index is 528. The van der Waals surface area contributed by atoms with E-state index >= 15 is 0 Å². The van der Waals surface area contributed by atoms with Gasteiger partial charge in [0.1, 0.15) is 5.75 Å². The fourth-order valence-corrected chi connectivity index (χ4v) is 2.46. The van der Waals surface area contributed by atoms with E-state index in [4.69, 9.17) is 4.74 Å². The van der Waals surface area contributed by atoms with Gasteiger partial charge in [0.15, 0.2) is 5.82 Å². The van der Waals surface area contributed by atoms with Gasteiger partial charge in [-0.25, -0.2) is 9.97 Å². The Morgan fingerprint density at radius 3 is 2.27 bits per heavy atom. The molecule has 3 nitrogen and oxygen atoms in total. The summed E-state index contributed by atoms with van der Waals surface area (Å²) in [6.45, 7) is 3.01. The van der Waals surface area contributed by atoms with Crippen LogP contribution in [0.4, 0.5) is 0 Å². The molecule has 1 heterocycles. The number of hydrogen-bond donors (Lipinski definition) is 0. The van der Waals surface area contributed by atoms with E-state index in [9.17, 15) is 0 Å². The van der Waals surface area contributed by atoms with Gasteiger partial charge in [0.25, 0.3) is 0 Å². The molecule has 0 aliphatic rings. The van der Waals surface area contributed by atoms with Crippen molar-refractivity contribution in [3.8, 4) is 17.1 Å². The van der Waals surface area contributed by atoms with Crippen LogP contribution in [0, 0.1) is 0 Å². The summed E-state index contributed by atoms with van der Waals surface area (Å²) in [5.74, 6) is 1.59. The van der Waals surface area contributed by atoms with Crippen LogP contribution in [0.1, 0.15) is 51.9 Å². The zero-order chi connectivity index (χ0) is 15.5. The minimum atomic E-state index is 0.720. The Morgan fingerprint density at radius 1 is 0.818 bits per heavy atom. The van der Waals surface area contributed by atoms with Crippen LogP contribution in [0.25, 0.3) is 11.4 Å². The number of hydrogen-bond acceptors (Lipinski definition) is 3. The maximum Gasteiger partial charge on any atom is 0.162 e. The lowest BCUT2D eigenvalue weighted by molar-refractivity contribution is 0.305. The summed E-state index contributed by atoms with van der Waals surface area (Å²) in [5, 5.41) is 0. The fraction of sp³-hybridized carbons (Fsp3) is 0.474. The first-order valence-corrected chi connectivity index (χ1v) is 8.41. The van der Waals surface area contributed by atoms with E-state index in [2.05, 4.69) is 16.9 Å². The van der Waals surface area contributed by atoms with Crippen molar-refractivity contribution in [2.75, 3.05) is 6.61 Å². The molecule has 0 aliphatic heterocycles. The summed E-state index contributed by atoms with van der Waals surface area (Å²) in [6, 6.07) is 9.81. The average molecular weight is 298 g/mol. The lowest BCUT2D eigenvalue weighted by atomic mass is 10.1. The highest BCUT2D eigenvalue weighted by molar-refractivity contribution is 5.63. The summed E-state index contributed by atoms with van der Waals surface area (Å²) >= 11 is 0. The summed E-state index contributed by atoms with van der Waals surface area (Å²) < 4.78 is 5.94. The number of para-hydroxylation sites is 1. The Kier molecular flexibility index (Phi) is 7.44. The quantitative estimate of drug-likeness (QED) is 0.560. The molecule has 1 aromatic heterocycles. The summed E-state index contributed by atoms with van der Waals surface area (Å²) in [4.78, 5) is 8.61. The maximum atomic E-state index is 5.94. The predicted octanol–water partition coefficient (Wildman–Crippen LogP) is 5.27. The molecular weight excluding hydrogens is 272 g/mol. The van der Waals surface area contributed by atoms with E-state index in [0.29, 0.717) is 0 Å². The first kappa shape index (κ1) is 16.5. The van der Waals surface area contributed by atoms with Gasteiger partial charge in [-0.3, -0.25) is 0 Å². The van der Waals surface area contributed by atoms with E-state index in [1.807, 2.05) is 30.3 Å². The third-order valence-corrected chi connectivity index (χ3v) is 3.70. The van der Waals surface area contributed by atoms with Crippen LogP contribution in [0.3, 0.4) is 0 Å². The number of ether oxygens (including phenoxy) is 1. The van der Waals surface area contributed by atoms with Gasteiger partial charge >= 0.3 is 0 Å². The molecule has 2 aromatic rings. The molecule has 0 saturated carbocycles. The highest BCUT2D eigenvalue weighted by atomic mass is 16.5. The van der Waals surface area contributed by atoms with Crippen molar-refractivity contribution < 1.29 is 4.74 Å². The maximum absolute atomic E-state index is 5.94. The molecule has 0 bridgehead atoms. The average Bonchev–Trinajstić information content (AvgIpc) is 2.58. The van der Waals surface area contributed by atoms with Crippen molar-refractivity contribution in [1.29, 1.82) is 0 Å². The van der Waals surface area contributed by atoms with Gasteiger partial charge in [-0.2, -0.15) is 0 Å². The Labute approximate surface area is 133 Å². The highest BCUT2D eigenvalue weighted by Gasteiger charge is 2.07. The summed E-state index contributed by atoms with van der Waals surface area (Å²) in [6.07, 6.45) is 12.6. The third kappa shape index (κ3) is 5.47. The molecule has 0 aliphatic carbocycles. The number of unbranched alkanes of at least 4 members (excludes halogenated alkanes) is 6. The molecule has 3 heteroatoms. The lowest BCUT2D eigenvalue weighted by Gasteiger charge is -2.10. The fourth-order valence-electron chi connectivity index (χ4n) is 2.46. The van der Waals surface area contributed by atoms with Gasteiger partial charge in [0, 0.05) is 12.4 Å². The normalized spacial score (nSPS) is 10.6. The van der Waals surface area contributed by atoms with Crippen molar-refractivity contribution in [3.05, 3.63) is 42.7 Å².